The molecule has 0 radical (unpaired) electrons. The summed E-state index contributed by atoms with van der Waals surface area (Å²) in [5.41, 5.74) is 6.41. The quantitative estimate of drug-likeness (QED) is 0.752. The molecule has 2 N–H and O–H groups in total. The zero-order valence-corrected chi connectivity index (χ0v) is 7.92. The highest BCUT2D eigenvalue weighted by Crippen LogP contribution is 2.14. The minimum Gasteiger partial charge on any atom is -0.429 e. The van der Waals surface area contributed by atoms with Gasteiger partial charge in [-0.05, 0) is 25.7 Å². The molecular formula is C9H16N2O. The molecule has 0 aliphatic heterocycles. The van der Waals surface area contributed by atoms with E-state index in [2.05, 4.69) is 18.8 Å². The van der Waals surface area contributed by atoms with Gasteiger partial charge in [0, 0.05) is 0 Å². The summed E-state index contributed by atoms with van der Waals surface area (Å²) < 4.78 is 5.11. The standard InChI is InChI=1S/C9H16N2O/c1-6(2)4-5-8-7(3)12-9(10)11-8/h6H,4-5H2,1-3H3,(H2,10,11). The van der Waals surface area contributed by atoms with E-state index in [1.165, 1.54) is 0 Å². The van der Waals surface area contributed by atoms with Crippen LogP contribution < -0.4 is 5.73 Å². The van der Waals surface area contributed by atoms with E-state index in [9.17, 15) is 0 Å². The maximum absolute atomic E-state index is 5.41. The molecule has 0 aliphatic rings. The summed E-state index contributed by atoms with van der Waals surface area (Å²) in [7, 11) is 0. The van der Waals surface area contributed by atoms with Crippen molar-refractivity contribution in [3.05, 3.63) is 11.5 Å². The number of rotatable bonds is 3. The maximum Gasteiger partial charge on any atom is 0.292 e. The number of anilines is 1. The molecule has 68 valence electrons. The molecule has 0 fully saturated rings. The van der Waals surface area contributed by atoms with Crippen LogP contribution in [0.4, 0.5) is 6.01 Å². The first-order valence-electron chi connectivity index (χ1n) is 4.31. The number of oxazole rings is 1. The number of nitrogens with two attached hydrogens (primary N) is 1. The Labute approximate surface area is 73.0 Å². The Hall–Kier alpha value is -0.990. The molecule has 0 unspecified atom stereocenters. The second-order valence-electron chi connectivity index (χ2n) is 3.49. The van der Waals surface area contributed by atoms with E-state index in [1.807, 2.05) is 6.92 Å². The fraction of sp³-hybridized carbons (Fsp3) is 0.667. The lowest BCUT2D eigenvalue weighted by molar-refractivity contribution is 0.537. The smallest absolute Gasteiger partial charge is 0.292 e. The average Bonchev–Trinajstić information content (AvgIpc) is 2.26. The number of aryl methyl sites for hydroxylation is 2. The molecule has 1 aromatic heterocycles. The summed E-state index contributed by atoms with van der Waals surface area (Å²) >= 11 is 0. The SMILES string of the molecule is Cc1oc(N)nc1CCC(C)C. The van der Waals surface area contributed by atoms with Crippen LogP contribution in [0, 0.1) is 12.8 Å². The van der Waals surface area contributed by atoms with Gasteiger partial charge >= 0.3 is 0 Å². The van der Waals surface area contributed by atoms with Crippen LogP contribution in [0.3, 0.4) is 0 Å². The Bertz CT molecular complexity index is 253. The zero-order chi connectivity index (χ0) is 9.14. The van der Waals surface area contributed by atoms with Gasteiger partial charge in [-0.15, -0.1) is 0 Å². The van der Waals surface area contributed by atoms with Gasteiger partial charge in [0.1, 0.15) is 5.76 Å². The van der Waals surface area contributed by atoms with Gasteiger partial charge in [-0.2, -0.15) is 4.98 Å². The van der Waals surface area contributed by atoms with E-state index in [0.29, 0.717) is 5.92 Å². The summed E-state index contributed by atoms with van der Waals surface area (Å²) in [5.74, 6) is 1.55. The van der Waals surface area contributed by atoms with E-state index < -0.39 is 0 Å². The first kappa shape index (κ1) is 9.10. The first-order valence-corrected chi connectivity index (χ1v) is 4.31. The second kappa shape index (κ2) is 3.61. The maximum atomic E-state index is 5.41. The van der Waals surface area contributed by atoms with Crippen molar-refractivity contribution in [2.24, 2.45) is 5.92 Å². The fourth-order valence-corrected chi connectivity index (χ4v) is 1.11. The van der Waals surface area contributed by atoms with Crippen molar-refractivity contribution < 1.29 is 4.42 Å². The van der Waals surface area contributed by atoms with E-state index in [4.69, 9.17) is 10.2 Å². The molecule has 1 aromatic rings. The molecule has 0 aliphatic carbocycles. The third-order valence-corrected chi connectivity index (χ3v) is 1.87. The van der Waals surface area contributed by atoms with Gasteiger partial charge in [-0.3, -0.25) is 0 Å². The van der Waals surface area contributed by atoms with Crippen LogP contribution in [0.5, 0.6) is 0 Å². The Balaban J connectivity index is 2.57. The zero-order valence-electron chi connectivity index (χ0n) is 7.92. The molecule has 0 saturated carbocycles. The Kier molecular flexibility index (Phi) is 2.74. The summed E-state index contributed by atoms with van der Waals surface area (Å²) in [6.07, 6.45) is 2.09. The van der Waals surface area contributed by atoms with Gasteiger partial charge in [0.15, 0.2) is 0 Å². The summed E-state index contributed by atoms with van der Waals surface area (Å²) in [6, 6.07) is 0.284. The van der Waals surface area contributed by atoms with Gasteiger partial charge in [0.05, 0.1) is 5.69 Å². The summed E-state index contributed by atoms with van der Waals surface area (Å²) in [6.45, 7) is 6.29. The third kappa shape index (κ3) is 2.26. The minimum atomic E-state index is 0.284. The van der Waals surface area contributed by atoms with Crippen molar-refractivity contribution in [1.82, 2.24) is 4.98 Å². The molecule has 3 heteroatoms. The van der Waals surface area contributed by atoms with Crippen LogP contribution in [0.15, 0.2) is 4.42 Å². The minimum absolute atomic E-state index is 0.284. The van der Waals surface area contributed by atoms with Crippen molar-refractivity contribution >= 4 is 6.01 Å². The van der Waals surface area contributed by atoms with Gasteiger partial charge in [0.25, 0.3) is 6.01 Å². The van der Waals surface area contributed by atoms with Crippen molar-refractivity contribution in [3.8, 4) is 0 Å². The van der Waals surface area contributed by atoms with E-state index in [-0.39, 0.29) is 6.01 Å². The van der Waals surface area contributed by atoms with E-state index >= 15 is 0 Å². The van der Waals surface area contributed by atoms with Crippen molar-refractivity contribution in [2.45, 2.75) is 33.6 Å². The molecule has 0 amide bonds. The van der Waals surface area contributed by atoms with E-state index in [0.717, 1.165) is 24.3 Å². The molecule has 1 rings (SSSR count). The molecule has 1 heterocycles. The molecule has 0 bridgehead atoms. The van der Waals surface area contributed by atoms with E-state index in [1.54, 1.807) is 0 Å². The van der Waals surface area contributed by atoms with Gasteiger partial charge in [-0.25, -0.2) is 0 Å². The highest BCUT2D eigenvalue weighted by atomic mass is 16.4. The van der Waals surface area contributed by atoms with Crippen LogP contribution in [0.25, 0.3) is 0 Å². The lowest BCUT2D eigenvalue weighted by atomic mass is 10.1. The molecule has 0 atom stereocenters. The molecule has 0 spiro atoms. The highest BCUT2D eigenvalue weighted by molar-refractivity contribution is 5.18. The summed E-state index contributed by atoms with van der Waals surface area (Å²) in [4.78, 5) is 4.09. The molecular weight excluding hydrogens is 152 g/mol. The molecule has 0 saturated heterocycles. The number of hydrogen-bond donors (Lipinski definition) is 1. The Morgan fingerprint density at radius 3 is 2.58 bits per heavy atom. The monoisotopic (exact) mass is 168 g/mol. The van der Waals surface area contributed by atoms with Crippen LogP contribution in [-0.4, -0.2) is 4.98 Å². The number of aromatic nitrogens is 1. The number of hydrogen-bond acceptors (Lipinski definition) is 3. The largest absolute Gasteiger partial charge is 0.429 e. The third-order valence-electron chi connectivity index (χ3n) is 1.87. The van der Waals surface area contributed by atoms with Crippen LogP contribution in [0.2, 0.25) is 0 Å². The number of nitrogens with zero attached hydrogens (tertiary/aromatic N) is 1. The van der Waals surface area contributed by atoms with Crippen LogP contribution in [0.1, 0.15) is 31.7 Å². The van der Waals surface area contributed by atoms with Crippen molar-refractivity contribution in [1.29, 1.82) is 0 Å². The topological polar surface area (TPSA) is 52.0 Å². The molecule has 12 heavy (non-hydrogen) atoms. The predicted molar refractivity (Wildman–Crippen MR) is 48.8 cm³/mol. The predicted octanol–water partition coefficient (Wildman–Crippen LogP) is 2.15. The molecule has 3 nitrogen and oxygen atoms in total. The average molecular weight is 168 g/mol. The second-order valence-corrected chi connectivity index (χ2v) is 3.49. The van der Waals surface area contributed by atoms with Gasteiger partial charge in [0.2, 0.25) is 0 Å². The van der Waals surface area contributed by atoms with Crippen LogP contribution in [-0.2, 0) is 6.42 Å². The normalized spacial score (nSPS) is 11.0. The number of nitrogen functional groups attached to an aromatic ring is 1. The lowest BCUT2D eigenvalue weighted by Crippen LogP contribution is -1.94. The highest BCUT2D eigenvalue weighted by Gasteiger charge is 2.06. The van der Waals surface area contributed by atoms with Crippen molar-refractivity contribution in [3.63, 3.8) is 0 Å². The van der Waals surface area contributed by atoms with Crippen LogP contribution >= 0.6 is 0 Å². The fourth-order valence-electron chi connectivity index (χ4n) is 1.11. The Morgan fingerprint density at radius 1 is 1.50 bits per heavy atom. The summed E-state index contributed by atoms with van der Waals surface area (Å²) in [5, 5.41) is 0. The van der Waals surface area contributed by atoms with Gasteiger partial charge in [-0.1, -0.05) is 13.8 Å². The van der Waals surface area contributed by atoms with Crippen molar-refractivity contribution in [2.75, 3.05) is 5.73 Å². The first-order chi connectivity index (χ1) is 5.59. The van der Waals surface area contributed by atoms with Gasteiger partial charge < -0.3 is 10.2 Å². The molecule has 0 aromatic carbocycles. The Morgan fingerprint density at radius 2 is 2.17 bits per heavy atom. The lowest BCUT2D eigenvalue weighted by Gasteiger charge is -2.00.